The third kappa shape index (κ3) is 6.21. The Balaban J connectivity index is 1.62. The van der Waals surface area contributed by atoms with Crippen LogP contribution in [0.2, 0.25) is 5.02 Å². The van der Waals surface area contributed by atoms with Gasteiger partial charge in [0.2, 0.25) is 0 Å². The number of benzene rings is 2. The Morgan fingerprint density at radius 1 is 1.24 bits per heavy atom. The highest BCUT2D eigenvalue weighted by Gasteiger charge is 2.17. The molecule has 9 nitrogen and oxygen atoms in total. The molecule has 0 aliphatic heterocycles. The predicted octanol–water partition coefficient (Wildman–Crippen LogP) is 5.07. The number of nitrogens with zero attached hydrogens (tertiary/aromatic N) is 5. The van der Waals surface area contributed by atoms with Crippen molar-refractivity contribution in [1.29, 1.82) is 0 Å². The van der Waals surface area contributed by atoms with Crippen LogP contribution in [0.25, 0.3) is 11.4 Å². The zero-order valence-corrected chi connectivity index (χ0v) is 20.9. The molecule has 2 aromatic carbocycles. The molecule has 0 saturated carbocycles. The van der Waals surface area contributed by atoms with Crippen molar-refractivity contribution in [2.45, 2.75) is 44.8 Å². The predicted molar refractivity (Wildman–Crippen MR) is 134 cm³/mol. The maximum absolute atomic E-state index is 12.2. The number of carbonyl (C=O) groups excluding carboxylic acids is 1. The Morgan fingerprint density at radius 2 is 1.94 bits per heavy atom. The topological polar surface area (TPSA) is 115 Å². The average Bonchev–Trinajstić information content (AvgIpc) is 3.21. The standard InChI is InChI=1S/C23H25ClN6O3S/c1-5-29-21(16-7-9-17(10-8-16)23(2,3)4)27-28-22(29)34-14-20(31)26-25-13-15-6-11-18(24)19(12-15)30(32)33/h6-13H,5,14H2,1-4H3,(H,26,31). The van der Waals surface area contributed by atoms with Crippen LogP contribution in [-0.4, -0.2) is 37.6 Å². The first kappa shape index (κ1) is 25.4. The lowest BCUT2D eigenvalue weighted by atomic mass is 9.87. The molecule has 1 amide bonds. The van der Waals surface area contributed by atoms with Gasteiger partial charge in [-0.25, -0.2) is 5.43 Å². The lowest BCUT2D eigenvalue weighted by Crippen LogP contribution is -2.20. The van der Waals surface area contributed by atoms with E-state index in [9.17, 15) is 14.9 Å². The first-order chi connectivity index (χ1) is 16.1. The Kier molecular flexibility index (Phi) is 8.06. The van der Waals surface area contributed by atoms with Crippen molar-refractivity contribution in [2.24, 2.45) is 5.10 Å². The molecule has 0 fully saturated rings. The van der Waals surface area contributed by atoms with Crippen LogP contribution in [0.4, 0.5) is 5.69 Å². The molecule has 0 aliphatic rings. The van der Waals surface area contributed by atoms with Crippen molar-refractivity contribution in [3.63, 3.8) is 0 Å². The quantitative estimate of drug-likeness (QED) is 0.200. The molecule has 1 heterocycles. The number of carbonyl (C=O) groups is 1. The number of rotatable bonds is 8. The molecule has 0 atom stereocenters. The van der Waals surface area contributed by atoms with Gasteiger partial charge >= 0.3 is 0 Å². The summed E-state index contributed by atoms with van der Waals surface area (Å²) in [5.74, 6) is 0.485. The maximum atomic E-state index is 12.2. The SMILES string of the molecule is CCn1c(SCC(=O)NN=Cc2ccc(Cl)c([N+](=O)[O-])c2)nnc1-c1ccc(C(C)(C)C)cc1. The van der Waals surface area contributed by atoms with Gasteiger partial charge in [0.25, 0.3) is 11.6 Å². The number of hydrazone groups is 1. The van der Waals surface area contributed by atoms with Gasteiger partial charge in [-0.2, -0.15) is 5.10 Å². The molecule has 0 unspecified atom stereocenters. The molecule has 0 spiro atoms. The Bertz CT molecular complexity index is 1220. The van der Waals surface area contributed by atoms with Gasteiger partial charge in [-0.1, -0.05) is 74.5 Å². The van der Waals surface area contributed by atoms with E-state index in [0.717, 1.165) is 11.4 Å². The van der Waals surface area contributed by atoms with Crippen LogP contribution in [-0.2, 0) is 16.8 Å². The molecule has 1 N–H and O–H groups in total. The smallest absolute Gasteiger partial charge is 0.288 e. The van der Waals surface area contributed by atoms with E-state index in [1.807, 2.05) is 23.6 Å². The van der Waals surface area contributed by atoms with E-state index in [1.165, 1.54) is 35.7 Å². The second-order valence-electron chi connectivity index (χ2n) is 8.43. The molecule has 3 aromatic rings. The molecule has 178 valence electrons. The summed E-state index contributed by atoms with van der Waals surface area (Å²) in [6.45, 7) is 9.15. The lowest BCUT2D eigenvalue weighted by Gasteiger charge is -2.19. The van der Waals surface area contributed by atoms with Crippen LogP contribution in [0.3, 0.4) is 0 Å². The monoisotopic (exact) mass is 500 g/mol. The fourth-order valence-electron chi connectivity index (χ4n) is 3.10. The van der Waals surface area contributed by atoms with Crippen molar-refractivity contribution in [1.82, 2.24) is 20.2 Å². The third-order valence-corrected chi connectivity index (χ3v) is 6.23. The van der Waals surface area contributed by atoms with Crippen LogP contribution in [0.1, 0.15) is 38.8 Å². The van der Waals surface area contributed by atoms with E-state index < -0.39 is 4.92 Å². The van der Waals surface area contributed by atoms with Crippen molar-refractivity contribution in [3.05, 3.63) is 68.7 Å². The summed E-state index contributed by atoms with van der Waals surface area (Å²) in [6, 6.07) is 12.5. The Hall–Kier alpha value is -3.24. The molecule has 0 aliphatic carbocycles. The van der Waals surface area contributed by atoms with E-state index in [4.69, 9.17) is 11.6 Å². The van der Waals surface area contributed by atoms with Crippen LogP contribution in [0.5, 0.6) is 0 Å². The minimum absolute atomic E-state index is 0.0344. The number of hydrogen-bond donors (Lipinski definition) is 1. The first-order valence-corrected chi connectivity index (χ1v) is 11.9. The highest BCUT2D eigenvalue weighted by molar-refractivity contribution is 7.99. The Labute approximate surface area is 206 Å². The first-order valence-electron chi connectivity index (χ1n) is 10.5. The van der Waals surface area contributed by atoms with Gasteiger partial charge in [0.15, 0.2) is 11.0 Å². The molecular formula is C23H25ClN6O3S. The largest absolute Gasteiger partial charge is 0.302 e. The number of amides is 1. The fraction of sp³-hybridized carbons (Fsp3) is 0.304. The van der Waals surface area contributed by atoms with Crippen LogP contribution >= 0.6 is 23.4 Å². The molecule has 0 radical (unpaired) electrons. The highest BCUT2D eigenvalue weighted by atomic mass is 35.5. The number of aromatic nitrogens is 3. The molecule has 11 heteroatoms. The summed E-state index contributed by atoms with van der Waals surface area (Å²) in [7, 11) is 0. The summed E-state index contributed by atoms with van der Waals surface area (Å²) in [5, 5.41) is 24.1. The number of thioether (sulfide) groups is 1. The minimum atomic E-state index is -0.577. The maximum Gasteiger partial charge on any atom is 0.288 e. The highest BCUT2D eigenvalue weighted by Crippen LogP contribution is 2.28. The Morgan fingerprint density at radius 3 is 2.56 bits per heavy atom. The molecule has 0 saturated heterocycles. The van der Waals surface area contributed by atoms with Crippen LogP contribution in [0, 0.1) is 10.1 Å². The summed E-state index contributed by atoms with van der Waals surface area (Å²) < 4.78 is 1.96. The number of nitrogens with one attached hydrogen (secondary N) is 1. The van der Waals surface area contributed by atoms with Gasteiger partial charge in [0, 0.05) is 23.7 Å². The molecular weight excluding hydrogens is 476 g/mol. The molecule has 0 bridgehead atoms. The number of halogens is 1. The van der Waals surface area contributed by atoms with Crippen molar-refractivity contribution in [2.75, 3.05) is 5.75 Å². The van der Waals surface area contributed by atoms with Gasteiger partial charge in [0.1, 0.15) is 5.02 Å². The van der Waals surface area contributed by atoms with Crippen molar-refractivity contribution >= 4 is 41.2 Å². The van der Waals surface area contributed by atoms with Crippen LogP contribution in [0.15, 0.2) is 52.7 Å². The lowest BCUT2D eigenvalue weighted by molar-refractivity contribution is -0.384. The second kappa shape index (κ2) is 10.8. The van der Waals surface area contributed by atoms with Gasteiger partial charge in [0.05, 0.1) is 16.9 Å². The summed E-state index contributed by atoms with van der Waals surface area (Å²) in [5.41, 5.74) is 4.88. The summed E-state index contributed by atoms with van der Waals surface area (Å²) in [6.07, 6.45) is 1.32. The van der Waals surface area contributed by atoms with E-state index in [0.29, 0.717) is 17.3 Å². The zero-order valence-electron chi connectivity index (χ0n) is 19.3. The van der Waals surface area contributed by atoms with E-state index in [-0.39, 0.29) is 27.8 Å². The van der Waals surface area contributed by atoms with E-state index in [1.54, 1.807) is 6.07 Å². The third-order valence-electron chi connectivity index (χ3n) is 4.94. The van der Waals surface area contributed by atoms with Crippen molar-refractivity contribution in [3.8, 4) is 11.4 Å². The normalized spacial score (nSPS) is 11.7. The summed E-state index contributed by atoms with van der Waals surface area (Å²) in [4.78, 5) is 22.6. The average molecular weight is 501 g/mol. The fourth-order valence-corrected chi connectivity index (χ4v) is 4.09. The van der Waals surface area contributed by atoms with Crippen LogP contribution < -0.4 is 5.43 Å². The van der Waals surface area contributed by atoms with Gasteiger partial charge in [-0.15, -0.1) is 10.2 Å². The molecule has 3 rings (SSSR count). The number of nitro groups is 1. The zero-order chi connectivity index (χ0) is 24.9. The number of nitro benzene ring substituents is 1. The van der Waals surface area contributed by atoms with Gasteiger partial charge in [-0.05, 0) is 24.0 Å². The van der Waals surface area contributed by atoms with E-state index >= 15 is 0 Å². The summed E-state index contributed by atoms with van der Waals surface area (Å²) >= 11 is 7.05. The minimum Gasteiger partial charge on any atom is -0.302 e. The molecule has 34 heavy (non-hydrogen) atoms. The number of hydrogen-bond acceptors (Lipinski definition) is 7. The van der Waals surface area contributed by atoms with Gasteiger partial charge in [-0.3, -0.25) is 14.9 Å². The van der Waals surface area contributed by atoms with E-state index in [2.05, 4.69) is 53.6 Å². The molecule has 1 aromatic heterocycles. The van der Waals surface area contributed by atoms with Gasteiger partial charge < -0.3 is 4.57 Å². The second-order valence-corrected chi connectivity index (χ2v) is 9.78. The van der Waals surface area contributed by atoms with Crippen molar-refractivity contribution < 1.29 is 9.72 Å².